The molecule has 0 spiro atoms. The molecule has 0 amide bonds. The third-order valence-corrected chi connectivity index (χ3v) is 3.37. The van der Waals surface area contributed by atoms with Gasteiger partial charge in [-0.15, -0.1) is 11.3 Å². The van der Waals surface area contributed by atoms with Gasteiger partial charge in [0.15, 0.2) is 10.8 Å². The number of nitrogens with zero attached hydrogens (tertiary/aromatic N) is 2. The van der Waals surface area contributed by atoms with E-state index in [0.29, 0.717) is 12.4 Å². The molecule has 0 saturated heterocycles. The van der Waals surface area contributed by atoms with Gasteiger partial charge in [-0.25, -0.2) is 14.4 Å². The Morgan fingerprint density at radius 2 is 2.26 bits per heavy atom. The van der Waals surface area contributed by atoms with Gasteiger partial charge in [-0.2, -0.15) is 0 Å². The number of aromatic nitrogens is 2. The van der Waals surface area contributed by atoms with Gasteiger partial charge in [0, 0.05) is 5.38 Å². The van der Waals surface area contributed by atoms with Gasteiger partial charge in [0.1, 0.15) is 11.6 Å². The molecule has 19 heavy (non-hydrogen) atoms. The zero-order valence-electron chi connectivity index (χ0n) is 9.84. The third kappa shape index (κ3) is 2.79. The second kappa shape index (κ2) is 5.19. The van der Waals surface area contributed by atoms with E-state index in [-0.39, 0.29) is 5.82 Å². The first-order chi connectivity index (χ1) is 9.31. The summed E-state index contributed by atoms with van der Waals surface area (Å²) in [7, 11) is 0. The Morgan fingerprint density at radius 3 is 3.00 bits per heavy atom. The smallest absolute Gasteiger partial charge is 0.162 e. The number of nitrogens with one attached hydrogen (secondary N) is 1. The van der Waals surface area contributed by atoms with Crippen molar-refractivity contribution in [2.45, 2.75) is 6.54 Å². The molecule has 0 unspecified atom stereocenters. The monoisotopic (exact) mass is 275 g/mol. The van der Waals surface area contributed by atoms with Crippen molar-refractivity contribution in [1.82, 2.24) is 9.97 Å². The Hall–Kier alpha value is -2.21. The second-order valence-electron chi connectivity index (χ2n) is 3.84. The van der Waals surface area contributed by atoms with Gasteiger partial charge < -0.3 is 9.73 Å². The molecule has 0 radical (unpaired) electrons. The molecule has 0 saturated carbocycles. The molecule has 0 atom stereocenters. The Labute approximate surface area is 112 Å². The van der Waals surface area contributed by atoms with E-state index >= 15 is 0 Å². The molecular weight excluding hydrogens is 265 g/mol. The molecule has 4 nitrogen and oxygen atoms in total. The molecule has 0 fully saturated rings. The van der Waals surface area contributed by atoms with Crippen LogP contribution in [0.25, 0.3) is 10.8 Å². The summed E-state index contributed by atoms with van der Waals surface area (Å²) in [6.45, 7) is 0.538. The number of hydrogen-bond donors (Lipinski definition) is 1. The molecule has 6 heteroatoms. The number of anilines is 1. The topological polar surface area (TPSA) is 51.0 Å². The lowest BCUT2D eigenvalue weighted by Gasteiger charge is -2.02. The van der Waals surface area contributed by atoms with Crippen LogP contribution in [0, 0.1) is 5.82 Å². The van der Waals surface area contributed by atoms with Gasteiger partial charge in [-0.3, -0.25) is 0 Å². The Morgan fingerprint density at radius 1 is 1.32 bits per heavy atom. The summed E-state index contributed by atoms with van der Waals surface area (Å²) < 4.78 is 18.0. The van der Waals surface area contributed by atoms with Crippen LogP contribution in [0.1, 0.15) is 5.69 Å². The first kappa shape index (κ1) is 11.9. The second-order valence-corrected chi connectivity index (χ2v) is 4.69. The number of hydrogen-bond acceptors (Lipinski definition) is 5. The van der Waals surface area contributed by atoms with Gasteiger partial charge in [0.25, 0.3) is 0 Å². The minimum Gasteiger partial charge on any atom is -0.462 e. The summed E-state index contributed by atoms with van der Waals surface area (Å²) in [4.78, 5) is 8.37. The van der Waals surface area contributed by atoms with Crippen molar-refractivity contribution in [2.75, 3.05) is 5.32 Å². The molecule has 0 aromatic carbocycles. The summed E-state index contributed by atoms with van der Waals surface area (Å²) in [5, 5.41) is 5.88. The maximum absolute atomic E-state index is 12.7. The van der Waals surface area contributed by atoms with E-state index < -0.39 is 0 Å². The third-order valence-electron chi connectivity index (χ3n) is 2.46. The van der Waals surface area contributed by atoms with Gasteiger partial charge in [-0.05, 0) is 24.3 Å². The maximum Gasteiger partial charge on any atom is 0.162 e. The lowest BCUT2D eigenvalue weighted by Crippen LogP contribution is -2.01. The molecule has 96 valence electrons. The highest BCUT2D eigenvalue weighted by atomic mass is 32.1. The van der Waals surface area contributed by atoms with Crippen molar-refractivity contribution in [3.63, 3.8) is 0 Å². The summed E-state index contributed by atoms with van der Waals surface area (Å²) in [5.74, 6) is 1.03. The molecular formula is C13H10FN3OS. The fourth-order valence-corrected chi connectivity index (χ4v) is 2.35. The van der Waals surface area contributed by atoms with E-state index in [2.05, 4.69) is 15.3 Å². The van der Waals surface area contributed by atoms with E-state index in [9.17, 15) is 4.39 Å². The first-order valence-electron chi connectivity index (χ1n) is 5.65. The average molecular weight is 275 g/mol. The van der Waals surface area contributed by atoms with Gasteiger partial charge in [-0.1, -0.05) is 0 Å². The SMILES string of the molecule is Fc1ccc(NCc2csc(-c3ccco3)n2)nc1. The zero-order valence-corrected chi connectivity index (χ0v) is 10.7. The number of halogens is 1. The highest BCUT2D eigenvalue weighted by molar-refractivity contribution is 7.13. The van der Waals surface area contributed by atoms with Crippen LogP contribution in [-0.4, -0.2) is 9.97 Å². The van der Waals surface area contributed by atoms with Crippen molar-refractivity contribution < 1.29 is 8.81 Å². The lowest BCUT2D eigenvalue weighted by atomic mass is 10.4. The van der Waals surface area contributed by atoms with Crippen LogP contribution in [0.5, 0.6) is 0 Å². The van der Waals surface area contributed by atoms with Crippen LogP contribution in [0.4, 0.5) is 10.2 Å². The molecule has 0 bridgehead atoms. The van der Waals surface area contributed by atoms with Crippen LogP contribution in [0.15, 0.2) is 46.5 Å². The van der Waals surface area contributed by atoms with E-state index in [1.165, 1.54) is 23.6 Å². The van der Waals surface area contributed by atoms with Crippen LogP contribution in [0.2, 0.25) is 0 Å². The number of pyridine rings is 1. The molecule has 1 N–H and O–H groups in total. The molecule has 0 aliphatic heterocycles. The predicted octanol–water partition coefficient (Wildman–Crippen LogP) is 3.55. The molecule has 3 rings (SSSR count). The Balaban J connectivity index is 1.66. The van der Waals surface area contributed by atoms with Crippen molar-refractivity contribution in [2.24, 2.45) is 0 Å². The largest absolute Gasteiger partial charge is 0.462 e. The fourth-order valence-electron chi connectivity index (χ4n) is 1.56. The predicted molar refractivity (Wildman–Crippen MR) is 71.3 cm³/mol. The van der Waals surface area contributed by atoms with Crippen molar-refractivity contribution in [3.8, 4) is 10.8 Å². The van der Waals surface area contributed by atoms with Crippen LogP contribution in [-0.2, 0) is 6.54 Å². The minimum atomic E-state index is -0.348. The van der Waals surface area contributed by atoms with Crippen molar-refractivity contribution in [1.29, 1.82) is 0 Å². The number of thiazole rings is 1. The van der Waals surface area contributed by atoms with E-state index in [4.69, 9.17) is 4.42 Å². The Bertz CT molecular complexity index is 649. The lowest BCUT2D eigenvalue weighted by molar-refractivity contribution is 0.581. The molecule has 3 aromatic rings. The minimum absolute atomic E-state index is 0.348. The quantitative estimate of drug-likeness (QED) is 0.791. The molecule has 0 aliphatic rings. The van der Waals surface area contributed by atoms with E-state index in [0.717, 1.165) is 16.5 Å². The van der Waals surface area contributed by atoms with Crippen LogP contribution in [0.3, 0.4) is 0 Å². The van der Waals surface area contributed by atoms with Crippen LogP contribution < -0.4 is 5.32 Å². The summed E-state index contributed by atoms with van der Waals surface area (Å²) >= 11 is 1.52. The Kier molecular flexibility index (Phi) is 3.24. The zero-order chi connectivity index (χ0) is 13.1. The van der Waals surface area contributed by atoms with Gasteiger partial charge >= 0.3 is 0 Å². The standard InChI is InChI=1S/C13H10FN3OS/c14-9-3-4-12(15-6-9)16-7-10-8-19-13(17-10)11-2-1-5-18-11/h1-6,8H,7H2,(H,15,16). The fraction of sp³-hybridized carbons (Fsp3) is 0.0769. The summed E-state index contributed by atoms with van der Waals surface area (Å²) in [5.41, 5.74) is 0.891. The van der Waals surface area contributed by atoms with E-state index in [1.54, 1.807) is 12.3 Å². The normalized spacial score (nSPS) is 10.6. The average Bonchev–Trinajstić information content (AvgIpc) is 3.09. The number of furan rings is 1. The highest BCUT2D eigenvalue weighted by Crippen LogP contribution is 2.24. The molecule has 3 aromatic heterocycles. The highest BCUT2D eigenvalue weighted by Gasteiger charge is 2.06. The van der Waals surface area contributed by atoms with E-state index in [1.807, 2.05) is 17.5 Å². The summed E-state index contributed by atoms with van der Waals surface area (Å²) in [6.07, 6.45) is 2.80. The molecule has 0 aliphatic carbocycles. The van der Waals surface area contributed by atoms with Crippen molar-refractivity contribution >= 4 is 17.2 Å². The molecule has 3 heterocycles. The van der Waals surface area contributed by atoms with Crippen LogP contribution >= 0.6 is 11.3 Å². The maximum atomic E-state index is 12.7. The number of rotatable bonds is 4. The first-order valence-corrected chi connectivity index (χ1v) is 6.53. The summed E-state index contributed by atoms with van der Waals surface area (Å²) in [6, 6.07) is 6.66. The van der Waals surface area contributed by atoms with Gasteiger partial charge in [0.05, 0.1) is 24.7 Å². The van der Waals surface area contributed by atoms with Gasteiger partial charge in [0.2, 0.25) is 0 Å². The van der Waals surface area contributed by atoms with Crippen molar-refractivity contribution in [3.05, 3.63) is 53.6 Å².